The van der Waals surface area contributed by atoms with Crippen molar-refractivity contribution in [2.45, 2.75) is 18.7 Å². The topological polar surface area (TPSA) is 81.3 Å². The molecule has 0 amide bonds. The first-order valence-electron chi connectivity index (χ1n) is 8.56. The fraction of sp³-hybridized carbons (Fsp3) is 0.588. The molecule has 7 nitrogen and oxygen atoms in total. The van der Waals surface area contributed by atoms with E-state index in [0.717, 1.165) is 36.6 Å². The molecular weight excluding hydrogens is 374 g/mol. The quantitative estimate of drug-likeness (QED) is 0.445. The molecule has 0 spiro atoms. The van der Waals surface area contributed by atoms with Gasteiger partial charge in [-0.25, -0.2) is 13.1 Å². The summed E-state index contributed by atoms with van der Waals surface area (Å²) in [4.78, 5) is 4.43. The lowest BCUT2D eigenvalue weighted by Gasteiger charge is -2.28. The van der Waals surface area contributed by atoms with E-state index in [2.05, 4.69) is 51.8 Å². The summed E-state index contributed by atoms with van der Waals surface area (Å²) in [7, 11) is -1.07. The van der Waals surface area contributed by atoms with Crippen LogP contribution >= 0.6 is 11.6 Å². The summed E-state index contributed by atoms with van der Waals surface area (Å²) in [6.07, 6.45) is 5.80. The van der Waals surface area contributed by atoms with Gasteiger partial charge in [0.2, 0.25) is 10.0 Å². The Morgan fingerprint density at radius 3 is 2.69 bits per heavy atom. The van der Waals surface area contributed by atoms with Crippen molar-refractivity contribution < 1.29 is 8.42 Å². The van der Waals surface area contributed by atoms with Crippen molar-refractivity contribution in [1.82, 2.24) is 24.7 Å². The molecule has 0 radical (unpaired) electrons. The molecule has 1 atom stereocenters. The van der Waals surface area contributed by atoms with E-state index in [1.807, 2.05) is 12.3 Å². The number of likely N-dealkylation sites (N-methyl/N-ethyl adjacent to an activating group) is 2. The van der Waals surface area contributed by atoms with Crippen LogP contribution in [0.5, 0.6) is 0 Å². The molecule has 2 N–H and O–H groups in total. The molecule has 0 bridgehead atoms. The van der Waals surface area contributed by atoms with Gasteiger partial charge in [-0.05, 0) is 12.6 Å². The van der Waals surface area contributed by atoms with Crippen LogP contribution in [0.25, 0.3) is 11.8 Å². The second-order valence-corrected chi connectivity index (χ2v) is 8.45. The van der Waals surface area contributed by atoms with Crippen molar-refractivity contribution in [2.75, 3.05) is 46.0 Å². The highest BCUT2D eigenvalue weighted by atomic mass is 35.5. The number of halogens is 1. The van der Waals surface area contributed by atoms with Gasteiger partial charge in [0.15, 0.2) is 0 Å². The van der Waals surface area contributed by atoms with Crippen LogP contribution in [0.3, 0.4) is 0 Å². The third-order valence-corrected chi connectivity index (χ3v) is 5.18. The molecule has 1 unspecified atom stereocenters. The Kier molecular flexibility index (Phi) is 9.35. The number of nitrogens with zero attached hydrogens (tertiary/aromatic N) is 3. The Hall–Kier alpha value is -1.35. The number of hydrogen-bond acceptors (Lipinski definition) is 5. The van der Waals surface area contributed by atoms with Gasteiger partial charge in [0.05, 0.1) is 23.2 Å². The average Bonchev–Trinajstić information content (AvgIpc) is 3.05. The highest BCUT2D eigenvalue weighted by Gasteiger charge is 2.17. The molecule has 1 aliphatic carbocycles. The number of nitrogens with one attached hydrogen (secondary N) is 2. The first-order chi connectivity index (χ1) is 12.3. The predicted octanol–water partition coefficient (Wildman–Crippen LogP) is -0.0854. The van der Waals surface area contributed by atoms with Crippen LogP contribution in [0.2, 0.25) is 0 Å². The summed E-state index contributed by atoms with van der Waals surface area (Å²) >= 11 is 6.31. The molecule has 1 aromatic rings. The van der Waals surface area contributed by atoms with Gasteiger partial charge >= 0.3 is 0 Å². The molecule has 148 valence electrons. The van der Waals surface area contributed by atoms with Crippen LogP contribution in [0.4, 0.5) is 0 Å². The lowest BCUT2D eigenvalue weighted by Crippen LogP contribution is -2.41. The van der Waals surface area contributed by atoms with Crippen molar-refractivity contribution in [3.8, 4) is 0 Å². The zero-order valence-electron chi connectivity index (χ0n) is 15.8. The summed E-state index contributed by atoms with van der Waals surface area (Å²) in [6, 6.07) is 0. The number of H-pyrrole nitrogens is 1. The van der Waals surface area contributed by atoms with Crippen molar-refractivity contribution in [1.29, 1.82) is 0 Å². The Balaban J connectivity index is 0.00000163. The molecule has 9 heteroatoms. The third-order valence-electron chi connectivity index (χ3n) is 4.17. The van der Waals surface area contributed by atoms with E-state index in [1.54, 1.807) is 0 Å². The van der Waals surface area contributed by atoms with Crippen molar-refractivity contribution in [2.24, 2.45) is 0 Å². The molecule has 26 heavy (non-hydrogen) atoms. The molecule has 1 heterocycles. The van der Waals surface area contributed by atoms with Crippen LogP contribution in [-0.4, -0.2) is 79.8 Å². The van der Waals surface area contributed by atoms with E-state index in [1.165, 1.54) is 12.0 Å². The predicted molar refractivity (Wildman–Crippen MR) is 109 cm³/mol. The SMILES string of the molecule is C=C.CCN(CCNS(C)(=O)=O)CCN(C)C1=c2cn[nH]c2=CC(Cl)C1. The van der Waals surface area contributed by atoms with E-state index >= 15 is 0 Å². The van der Waals surface area contributed by atoms with E-state index in [0.29, 0.717) is 13.1 Å². The number of sulfonamides is 1. The Morgan fingerprint density at radius 1 is 1.38 bits per heavy atom. The lowest BCUT2D eigenvalue weighted by atomic mass is 10.1. The molecule has 0 saturated carbocycles. The molecule has 1 aromatic heterocycles. The number of alkyl halides is 1. The van der Waals surface area contributed by atoms with Crippen molar-refractivity contribution in [3.63, 3.8) is 0 Å². The van der Waals surface area contributed by atoms with E-state index < -0.39 is 10.0 Å². The number of rotatable bonds is 9. The lowest BCUT2D eigenvalue weighted by molar-refractivity contribution is 0.265. The van der Waals surface area contributed by atoms with Gasteiger partial charge in [0.1, 0.15) is 0 Å². The number of fused-ring (bicyclic) bond motifs is 1. The Bertz CT molecular complexity index is 777. The van der Waals surface area contributed by atoms with Crippen molar-refractivity contribution >= 4 is 33.4 Å². The van der Waals surface area contributed by atoms with Crippen LogP contribution in [0, 0.1) is 0 Å². The van der Waals surface area contributed by atoms with Gasteiger partial charge < -0.3 is 9.80 Å². The first-order valence-corrected chi connectivity index (χ1v) is 10.9. The highest BCUT2D eigenvalue weighted by Crippen LogP contribution is 2.16. The average molecular weight is 404 g/mol. The smallest absolute Gasteiger partial charge is 0.208 e. The summed E-state index contributed by atoms with van der Waals surface area (Å²) in [5, 5.41) is 9.14. The van der Waals surface area contributed by atoms with Gasteiger partial charge in [-0.1, -0.05) is 6.92 Å². The minimum absolute atomic E-state index is 0.0309. The van der Waals surface area contributed by atoms with Crippen LogP contribution in [0.15, 0.2) is 19.4 Å². The van der Waals surface area contributed by atoms with Gasteiger partial charge in [-0.2, -0.15) is 5.10 Å². The van der Waals surface area contributed by atoms with Gasteiger partial charge in [0, 0.05) is 50.6 Å². The third kappa shape index (κ3) is 7.11. The summed E-state index contributed by atoms with van der Waals surface area (Å²) in [5.74, 6) is 0. The molecule has 0 aromatic carbocycles. The molecule has 1 aliphatic rings. The van der Waals surface area contributed by atoms with Crippen LogP contribution in [0.1, 0.15) is 13.3 Å². The minimum atomic E-state index is -3.13. The minimum Gasteiger partial charge on any atom is -0.376 e. The second-order valence-electron chi connectivity index (χ2n) is 6.05. The number of hydrogen-bond donors (Lipinski definition) is 2. The summed E-state index contributed by atoms with van der Waals surface area (Å²) < 4.78 is 24.8. The largest absolute Gasteiger partial charge is 0.376 e. The fourth-order valence-corrected chi connectivity index (χ4v) is 3.53. The maximum Gasteiger partial charge on any atom is 0.208 e. The fourth-order valence-electron chi connectivity index (χ4n) is 2.79. The van der Waals surface area contributed by atoms with Crippen molar-refractivity contribution in [3.05, 3.63) is 29.9 Å². The normalized spacial score (nSPS) is 16.5. The first kappa shape index (κ1) is 22.7. The molecule has 2 rings (SSSR count). The number of aromatic amines is 1. The van der Waals surface area contributed by atoms with Gasteiger partial charge in [0.25, 0.3) is 0 Å². The molecule has 0 saturated heterocycles. The van der Waals surface area contributed by atoms with Gasteiger partial charge in [-0.3, -0.25) is 5.10 Å². The number of aromatic nitrogens is 2. The molecule has 0 fully saturated rings. The van der Waals surface area contributed by atoms with E-state index in [9.17, 15) is 8.42 Å². The molecular formula is C17H30ClN5O2S. The zero-order valence-corrected chi connectivity index (χ0v) is 17.4. The maximum absolute atomic E-state index is 11.1. The summed E-state index contributed by atoms with van der Waals surface area (Å²) in [5.41, 5.74) is 1.19. The van der Waals surface area contributed by atoms with Gasteiger partial charge in [-0.15, -0.1) is 24.8 Å². The van der Waals surface area contributed by atoms with E-state index in [4.69, 9.17) is 11.6 Å². The van der Waals surface area contributed by atoms with Crippen LogP contribution in [-0.2, 0) is 10.0 Å². The highest BCUT2D eigenvalue weighted by molar-refractivity contribution is 7.88. The summed E-state index contributed by atoms with van der Waals surface area (Å²) in [6.45, 7) is 11.8. The second kappa shape index (κ2) is 10.7. The van der Waals surface area contributed by atoms with E-state index in [-0.39, 0.29) is 5.38 Å². The zero-order chi connectivity index (χ0) is 19.7. The Morgan fingerprint density at radius 2 is 2.08 bits per heavy atom. The Labute approximate surface area is 161 Å². The maximum atomic E-state index is 11.1. The molecule has 0 aliphatic heterocycles. The standard InChI is InChI=1S/C15H26ClN5O2S.C2H4/c1-4-21(6-5-18-24(3,22)23)8-7-20(2)15-10-12(16)9-14-13(15)11-17-19-14;1-2/h9,11-12,18-19H,4-8,10H2,1-3H3;1-2H2. The van der Waals surface area contributed by atoms with Crippen LogP contribution < -0.4 is 15.3 Å². The monoisotopic (exact) mass is 403 g/mol.